The highest BCUT2D eigenvalue weighted by atomic mass is 32.2. The molecule has 0 aliphatic carbocycles. The van der Waals surface area contributed by atoms with E-state index in [1.54, 1.807) is 0 Å². The van der Waals surface area contributed by atoms with Gasteiger partial charge in [0.05, 0.1) is 17.9 Å². The number of benzene rings is 1. The molecule has 2 aliphatic heterocycles. The van der Waals surface area contributed by atoms with Gasteiger partial charge in [0.25, 0.3) is 0 Å². The monoisotopic (exact) mass is 425 g/mol. The molecule has 1 N–H and O–H groups in total. The Bertz CT molecular complexity index is 1030. The van der Waals surface area contributed by atoms with Gasteiger partial charge < -0.3 is 14.6 Å². The van der Waals surface area contributed by atoms with E-state index in [1.807, 2.05) is 37.4 Å². The van der Waals surface area contributed by atoms with Gasteiger partial charge in [0.1, 0.15) is 0 Å². The molecule has 0 amide bonds. The fraction of sp³-hybridized carbons (Fsp3) is 0.500. The van der Waals surface area contributed by atoms with Crippen LogP contribution in [0.4, 0.5) is 5.95 Å². The fourth-order valence-electron chi connectivity index (χ4n) is 4.38. The Kier molecular flexibility index (Phi) is 5.52. The van der Waals surface area contributed by atoms with Gasteiger partial charge in [-0.05, 0) is 38.7 Å². The van der Waals surface area contributed by atoms with Gasteiger partial charge >= 0.3 is 0 Å². The molecule has 4 heterocycles. The minimum atomic E-state index is -0.261. The summed E-state index contributed by atoms with van der Waals surface area (Å²) in [6.07, 6.45) is 6.54. The van der Waals surface area contributed by atoms with Crippen molar-refractivity contribution >= 4 is 34.4 Å². The van der Waals surface area contributed by atoms with Crippen LogP contribution in [0.15, 0.2) is 35.6 Å². The van der Waals surface area contributed by atoms with Crippen molar-refractivity contribution in [2.45, 2.75) is 55.7 Å². The molecule has 7 nitrogen and oxygen atoms in total. The fourth-order valence-corrected chi connectivity index (χ4v) is 5.30. The zero-order valence-corrected chi connectivity index (χ0v) is 18.0. The van der Waals surface area contributed by atoms with E-state index in [9.17, 15) is 4.79 Å². The third-order valence-corrected chi connectivity index (χ3v) is 7.08. The highest BCUT2D eigenvalue weighted by molar-refractivity contribution is 8.00. The molecule has 158 valence electrons. The van der Waals surface area contributed by atoms with Crippen LogP contribution in [0, 0.1) is 0 Å². The van der Waals surface area contributed by atoms with Gasteiger partial charge in [0.15, 0.2) is 10.9 Å². The molecular weight excluding hydrogens is 398 g/mol. The maximum absolute atomic E-state index is 13.2. The number of fused-ring (bicyclic) bond motifs is 1. The van der Waals surface area contributed by atoms with Gasteiger partial charge in [-0.3, -0.25) is 9.36 Å². The highest BCUT2D eigenvalue weighted by Crippen LogP contribution is 2.31. The topological polar surface area (TPSA) is 76.0 Å². The van der Waals surface area contributed by atoms with Crippen LogP contribution >= 0.6 is 11.8 Å². The second kappa shape index (κ2) is 8.43. The Morgan fingerprint density at radius 3 is 2.90 bits per heavy atom. The lowest BCUT2D eigenvalue weighted by Crippen LogP contribution is -2.25. The molecule has 30 heavy (non-hydrogen) atoms. The lowest BCUT2D eigenvalue weighted by Gasteiger charge is -2.21. The Hall–Kier alpha value is -2.32. The lowest BCUT2D eigenvalue weighted by molar-refractivity contribution is 0.0952. The van der Waals surface area contributed by atoms with Crippen molar-refractivity contribution in [2.75, 3.05) is 24.6 Å². The number of Topliss-reactive ketones (excluding diaryl/α,β-unsaturated/α-hetero) is 1. The lowest BCUT2D eigenvalue weighted by atomic mass is 10.1. The zero-order chi connectivity index (χ0) is 20.5. The molecule has 0 radical (unpaired) electrons. The molecule has 2 fully saturated rings. The van der Waals surface area contributed by atoms with E-state index in [0.717, 1.165) is 66.7 Å². The Morgan fingerprint density at radius 2 is 2.10 bits per heavy atom. The highest BCUT2D eigenvalue weighted by Gasteiger charge is 2.28. The number of hydrogen-bond donors (Lipinski definition) is 1. The molecule has 0 bridgehead atoms. The van der Waals surface area contributed by atoms with E-state index in [1.165, 1.54) is 24.6 Å². The number of rotatable bonds is 7. The van der Waals surface area contributed by atoms with Crippen LogP contribution in [0.25, 0.3) is 10.9 Å². The molecule has 0 spiro atoms. The maximum atomic E-state index is 13.2. The second-order valence-electron chi connectivity index (χ2n) is 8.09. The number of para-hydroxylation sites is 1. The van der Waals surface area contributed by atoms with Crippen molar-refractivity contribution < 1.29 is 9.53 Å². The van der Waals surface area contributed by atoms with Gasteiger partial charge in [-0.1, -0.05) is 30.0 Å². The first-order valence-electron chi connectivity index (χ1n) is 10.8. The summed E-state index contributed by atoms with van der Waals surface area (Å²) in [5.41, 5.74) is 1.71. The molecule has 5 rings (SSSR count). The number of ketones is 1. The van der Waals surface area contributed by atoms with Crippen LogP contribution in [0.2, 0.25) is 0 Å². The summed E-state index contributed by atoms with van der Waals surface area (Å²) in [5, 5.41) is 10.5. The minimum absolute atomic E-state index is 0.104. The van der Waals surface area contributed by atoms with E-state index in [0.29, 0.717) is 0 Å². The molecular formula is C22H27N5O2S. The van der Waals surface area contributed by atoms with Crippen molar-refractivity contribution in [1.82, 2.24) is 19.7 Å². The van der Waals surface area contributed by atoms with Crippen molar-refractivity contribution in [3.8, 4) is 0 Å². The number of H-pyrrole nitrogens is 1. The zero-order valence-electron chi connectivity index (χ0n) is 17.2. The second-order valence-corrected chi connectivity index (χ2v) is 9.40. The van der Waals surface area contributed by atoms with E-state index in [-0.39, 0.29) is 17.1 Å². The van der Waals surface area contributed by atoms with E-state index < -0.39 is 0 Å². The SMILES string of the molecule is C[C@@H](Sc1nnc(N2CCCC2)n1C[C@@H]1CCCO1)C(=O)c1c[nH]c2ccccc12. The van der Waals surface area contributed by atoms with Crippen molar-refractivity contribution in [1.29, 1.82) is 0 Å². The Labute approximate surface area is 180 Å². The van der Waals surface area contributed by atoms with E-state index in [2.05, 4.69) is 24.6 Å². The largest absolute Gasteiger partial charge is 0.376 e. The number of anilines is 1. The number of aromatic amines is 1. The Balaban J connectivity index is 1.39. The molecule has 1 aromatic carbocycles. The average molecular weight is 426 g/mol. The van der Waals surface area contributed by atoms with Gasteiger partial charge in [0, 0.05) is 42.4 Å². The van der Waals surface area contributed by atoms with Gasteiger partial charge in [0.2, 0.25) is 5.95 Å². The normalized spacial score (nSPS) is 20.3. The van der Waals surface area contributed by atoms with E-state index >= 15 is 0 Å². The number of aromatic nitrogens is 4. The van der Waals surface area contributed by atoms with Gasteiger partial charge in [-0.15, -0.1) is 10.2 Å². The minimum Gasteiger partial charge on any atom is -0.376 e. The molecule has 8 heteroatoms. The Morgan fingerprint density at radius 1 is 1.27 bits per heavy atom. The van der Waals surface area contributed by atoms with Crippen LogP contribution in [-0.4, -0.2) is 56.6 Å². The number of ether oxygens (including phenoxy) is 1. The summed E-state index contributed by atoms with van der Waals surface area (Å²) in [5.74, 6) is 1.02. The maximum Gasteiger partial charge on any atom is 0.228 e. The van der Waals surface area contributed by atoms with Crippen molar-refractivity contribution in [2.24, 2.45) is 0 Å². The first-order valence-corrected chi connectivity index (χ1v) is 11.7. The van der Waals surface area contributed by atoms with Gasteiger partial charge in [-0.25, -0.2) is 0 Å². The summed E-state index contributed by atoms with van der Waals surface area (Å²) < 4.78 is 8.05. The van der Waals surface area contributed by atoms with Crippen LogP contribution < -0.4 is 4.90 Å². The smallest absolute Gasteiger partial charge is 0.228 e. The molecule has 2 aromatic heterocycles. The number of hydrogen-bond acceptors (Lipinski definition) is 6. The quantitative estimate of drug-likeness (QED) is 0.457. The van der Waals surface area contributed by atoms with Crippen LogP contribution in [0.5, 0.6) is 0 Å². The third-order valence-electron chi connectivity index (χ3n) is 6.00. The predicted octanol–water partition coefficient (Wildman–Crippen LogP) is 3.90. The predicted molar refractivity (Wildman–Crippen MR) is 118 cm³/mol. The molecule has 2 atom stereocenters. The number of nitrogens with zero attached hydrogens (tertiary/aromatic N) is 4. The number of thioether (sulfide) groups is 1. The summed E-state index contributed by atoms with van der Waals surface area (Å²) in [6, 6.07) is 7.91. The number of nitrogens with one attached hydrogen (secondary N) is 1. The number of carbonyl (C=O) groups excluding carboxylic acids is 1. The average Bonchev–Trinajstić information content (AvgIpc) is 3.55. The van der Waals surface area contributed by atoms with Crippen molar-refractivity contribution in [3.63, 3.8) is 0 Å². The third kappa shape index (κ3) is 3.74. The molecule has 0 unspecified atom stereocenters. The van der Waals surface area contributed by atoms with Crippen LogP contribution in [-0.2, 0) is 11.3 Å². The van der Waals surface area contributed by atoms with Crippen molar-refractivity contribution in [3.05, 3.63) is 36.0 Å². The molecule has 0 saturated carbocycles. The molecule has 2 saturated heterocycles. The van der Waals surface area contributed by atoms with Crippen LogP contribution in [0.1, 0.15) is 43.0 Å². The molecule has 2 aliphatic rings. The van der Waals surface area contributed by atoms with Gasteiger partial charge in [-0.2, -0.15) is 0 Å². The summed E-state index contributed by atoms with van der Waals surface area (Å²) >= 11 is 1.49. The van der Waals surface area contributed by atoms with E-state index in [4.69, 9.17) is 4.74 Å². The first kappa shape index (κ1) is 19.6. The summed E-state index contributed by atoms with van der Waals surface area (Å²) in [4.78, 5) is 18.7. The summed E-state index contributed by atoms with van der Waals surface area (Å²) in [7, 11) is 0. The number of carbonyl (C=O) groups is 1. The summed E-state index contributed by atoms with van der Waals surface area (Å²) in [6.45, 7) is 5.55. The van der Waals surface area contributed by atoms with Crippen LogP contribution in [0.3, 0.4) is 0 Å². The molecule has 3 aromatic rings. The standard InChI is InChI=1S/C22H27N5O2S/c1-15(20(28)18-13-23-19-9-3-2-8-17(18)19)30-22-25-24-21(26-10-4-5-11-26)27(22)14-16-7-6-12-29-16/h2-3,8-9,13,15-16,23H,4-7,10-12,14H2,1H3/t15-,16+/m1/s1. The first-order chi connectivity index (χ1) is 14.7.